The van der Waals surface area contributed by atoms with Crippen molar-refractivity contribution in [2.75, 3.05) is 40.3 Å². The molecule has 1 aliphatic rings. The van der Waals surface area contributed by atoms with Crippen LogP contribution >= 0.6 is 0 Å². The van der Waals surface area contributed by atoms with Crippen molar-refractivity contribution >= 4 is 34.4 Å². The number of hydrogen-bond donors (Lipinski definition) is 4. The van der Waals surface area contributed by atoms with Gasteiger partial charge in [0.2, 0.25) is 23.0 Å². The largest absolute Gasteiger partial charge is 0.493 e. The number of esters is 1. The summed E-state index contributed by atoms with van der Waals surface area (Å²) in [6.45, 7) is 1.97. The van der Waals surface area contributed by atoms with Crippen molar-refractivity contribution in [3.05, 3.63) is 81.6 Å². The first-order valence-electron chi connectivity index (χ1n) is 17.1. The minimum atomic E-state index is -0.798. The number of nitrogens with one attached hydrogen (secondary N) is 4. The number of fused-ring (bicyclic) bond motifs is 4. The standard InChI is InChI=1S/C39H46N4O8/c1-23(44)42-30-16-14-24-20-34(48-2)37(49-3)38(50-4)36(24)27-15-17-31(33(45)21-28(27)30)40-18-10-6-7-13-35(46)43-32(39(47)51-5)19-25-22-41-29-12-9-8-11-26(25)29/h8-9,11-12,15,17,20-22,30,32,41H,6-7,10,13-14,16,18-19H2,1-5H3,(H,40,45)(H,42,44)(H,43,46)/t30-,32-/m0/s1. The summed E-state index contributed by atoms with van der Waals surface area (Å²) in [4.78, 5) is 54.3. The number of aromatic nitrogens is 1. The fourth-order valence-electron chi connectivity index (χ4n) is 6.79. The van der Waals surface area contributed by atoms with Gasteiger partial charge < -0.3 is 39.9 Å². The molecular formula is C39H46N4O8. The summed E-state index contributed by atoms with van der Waals surface area (Å²) in [5.41, 5.74) is 5.27. The van der Waals surface area contributed by atoms with E-state index in [9.17, 15) is 19.2 Å². The Morgan fingerprint density at radius 1 is 0.941 bits per heavy atom. The molecule has 0 unspecified atom stereocenters. The van der Waals surface area contributed by atoms with Crippen molar-refractivity contribution in [1.82, 2.24) is 15.6 Å². The van der Waals surface area contributed by atoms with Crippen molar-refractivity contribution in [2.24, 2.45) is 0 Å². The Morgan fingerprint density at radius 2 is 1.73 bits per heavy atom. The van der Waals surface area contributed by atoms with Gasteiger partial charge in [-0.05, 0) is 72.2 Å². The number of carbonyl (C=O) groups excluding carboxylic acids is 3. The van der Waals surface area contributed by atoms with Crippen molar-refractivity contribution in [3.8, 4) is 28.4 Å². The van der Waals surface area contributed by atoms with Gasteiger partial charge in [-0.15, -0.1) is 0 Å². The van der Waals surface area contributed by atoms with E-state index in [4.69, 9.17) is 18.9 Å². The fourth-order valence-corrected chi connectivity index (χ4v) is 6.79. The molecule has 1 aliphatic carbocycles. The molecule has 0 bridgehead atoms. The van der Waals surface area contributed by atoms with E-state index in [1.54, 1.807) is 33.5 Å². The fraction of sp³-hybridized carbons (Fsp3) is 0.385. The third kappa shape index (κ3) is 8.45. The Balaban J connectivity index is 1.24. The summed E-state index contributed by atoms with van der Waals surface area (Å²) >= 11 is 0. The molecule has 0 fully saturated rings. The molecule has 1 heterocycles. The van der Waals surface area contributed by atoms with Crippen LogP contribution in [0, 0.1) is 0 Å². The van der Waals surface area contributed by atoms with E-state index in [0.717, 1.165) is 39.6 Å². The van der Waals surface area contributed by atoms with Gasteiger partial charge in [-0.25, -0.2) is 4.79 Å². The molecule has 270 valence electrons. The summed E-state index contributed by atoms with van der Waals surface area (Å²) in [6, 6.07) is 13.7. The highest BCUT2D eigenvalue weighted by molar-refractivity contribution is 5.87. The van der Waals surface area contributed by atoms with Gasteiger partial charge in [0.05, 0.1) is 40.2 Å². The maximum atomic E-state index is 13.6. The highest BCUT2D eigenvalue weighted by Crippen LogP contribution is 2.50. The molecule has 2 atom stereocenters. The lowest BCUT2D eigenvalue weighted by molar-refractivity contribution is -0.145. The van der Waals surface area contributed by atoms with Crippen LogP contribution in [-0.4, -0.2) is 63.8 Å². The van der Waals surface area contributed by atoms with Gasteiger partial charge in [-0.3, -0.25) is 14.4 Å². The number of para-hydroxylation sites is 1. The molecule has 5 rings (SSSR count). The minimum Gasteiger partial charge on any atom is -0.493 e. The Morgan fingerprint density at radius 3 is 2.45 bits per heavy atom. The molecule has 51 heavy (non-hydrogen) atoms. The van der Waals surface area contributed by atoms with Gasteiger partial charge >= 0.3 is 5.97 Å². The number of amides is 2. The number of anilines is 1. The maximum absolute atomic E-state index is 13.6. The van der Waals surface area contributed by atoms with E-state index in [2.05, 4.69) is 20.9 Å². The molecule has 0 saturated heterocycles. The molecule has 12 nitrogen and oxygen atoms in total. The number of methoxy groups -OCH3 is 4. The van der Waals surface area contributed by atoms with E-state index in [1.807, 2.05) is 42.6 Å². The molecule has 1 aromatic heterocycles. The van der Waals surface area contributed by atoms with Crippen molar-refractivity contribution in [3.63, 3.8) is 0 Å². The number of aromatic amines is 1. The average molecular weight is 699 g/mol. The summed E-state index contributed by atoms with van der Waals surface area (Å²) in [7, 11) is 5.99. The second-order valence-corrected chi connectivity index (χ2v) is 12.5. The van der Waals surface area contributed by atoms with Gasteiger partial charge in [0.15, 0.2) is 11.5 Å². The van der Waals surface area contributed by atoms with Crippen LogP contribution in [0.1, 0.15) is 61.8 Å². The van der Waals surface area contributed by atoms with E-state index in [1.165, 1.54) is 14.0 Å². The van der Waals surface area contributed by atoms with Crippen LogP contribution in [0.15, 0.2) is 59.5 Å². The van der Waals surface area contributed by atoms with Crippen molar-refractivity contribution < 1.29 is 33.3 Å². The maximum Gasteiger partial charge on any atom is 0.328 e. The Labute approximate surface area is 297 Å². The molecular weight excluding hydrogens is 652 g/mol. The number of aryl methyl sites for hydroxylation is 1. The lowest BCUT2D eigenvalue weighted by Crippen LogP contribution is -2.43. The molecule has 4 N–H and O–H groups in total. The van der Waals surface area contributed by atoms with Gasteiger partial charge in [0, 0.05) is 49.0 Å². The Bertz CT molecular complexity index is 1960. The average Bonchev–Trinajstić information content (AvgIpc) is 3.39. The van der Waals surface area contributed by atoms with Gasteiger partial charge in [-0.1, -0.05) is 30.7 Å². The van der Waals surface area contributed by atoms with E-state index in [0.29, 0.717) is 67.1 Å². The number of carbonyl (C=O) groups is 3. The first-order chi connectivity index (χ1) is 24.7. The van der Waals surface area contributed by atoms with Crippen LogP contribution in [-0.2, 0) is 32.0 Å². The molecule has 0 radical (unpaired) electrons. The Kier molecular flexibility index (Phi) is 12.2. The van der Waals surface area contributed by atoms with E-state index >= 15 is 0 Å². The summed E-state index contributed by atoms with van der Waals surface area (Å²) < 4.78 is 22.1. The van der Waals surface area contributed by atoms with Crippen molar-refractivity contribution in [1.29, 1.82) is 0 Å². The van der Waals surface area contributed by atoms with Gasteiger partial charge in [0.25, 0.3) is 0 Å². The number of H-pyrrole nitrogens is 1. The van der Waals surface area contributed by atoms with Crippen LogP contribution in [0.25, 0.3) is 22.0 Å². The molecule has 4 aromatic rings. The quantitative estimate of drug-likeness (QED) is 0.0966. The zero-order valence-corrected chi connectivity index (χ0v) is 29.8. The minimum absolute atomic E-state index is 0.194. The van der Waals surface area contributed by atoms with Gasteiger partial charge in [-0.2, -0.15) is 0 Å². The van der Waals surface area contributed by atoms with Crippen LogP contribution in [0.2, 0.25) is 0 Å². The van der Waals surface area contributed by atoms with Crippen LogP contribution in [0.3, 0.4) is 0 Å². The van der Waals surface area contributed by atoms with Crippen LogP contribution in [0.4, 0.5) is 5.69 Å². The predicted octanol–water partition coefficient (Wildman–Crippen LogP) is 5.22. The van der Waals surface area contributed by atoms with Crippen LogP contribution in [0.5, 0.6) is 17.2 Å². The molecule has 3 aromatic carbocycles. The molecule has 12 heteroatoms. The second kappa shape index (κ2) is 16.9. The SMILES string of the molecule is COC(=O)[C@H](Cc1c[nH]c2ccccc12)NC(=O)CCCCCNc1ccc2c(cc1=O)[C@@H](NC(C)=O)CCc1cc(OC)c(OC)c(OC)c1-2. The first kappa shape index (κ1) is 36.8. The number of hydrogen-bond acceptors (Lipinski definition) is 9. The van der Waals surface area contributed by atoms with Crippen LogP contribution < -0.4 is 35.6 Å². The predicted molar refractivity (Wildman–Crippen MR) is 196 cm³/mol. The monoisotopic (exact) mass is 698 g/mol. The Hall–Kier alpha value is -5.52. The molecule has 0 aliphatic heterocycles. The normalized spacial score (nSPS) is 13.9. The smallest absolute Gasteiger partial charge is 0.328 e. The number of benzene rings is 2. The molecule has 2 amide bonds. The zero-order chi connectivity index (χ0) is 36.5. The van der Waals surface area contributed by atoms with Crippen molar-refractivity contribution in [2.45, 2.75) is 64.0 Å². The second-order valence-electron chi connectivity index (χ2n) is 12.5. The lowest BCUT2D eigenvalue weighted by Gasteiger charge is -2.19. The molecule has 0 saturated carbocycles. The topological polar surface area (TPSA) is 157 Å². The first-order valence-corrected chi connectivity index (χ1v) is 17.1. The third-order valence-corrected chi connectivity index (χ3v) is 9.23. The summed E-state index contributed by atoms with van der Waals surface area (Å²) in [6.07, 6.45) is 5.64. The number of rotatable bonds is 15. The van der Waals surface area contributed by atoms with E-state index < -0.39 is 18.1 Å². The van der Waals surface area contributed by atoms with Gasteiger partial charge in [0.1, 0.15) is 6.04 Å². The molecule has 0 spiro atoms. The highest BCUT2D eigenvalue weighted by Gasteiger charge is 2.29. The summed E-state index contributed by atoms with van der Waals surface area (Å²) in [5.74, 6) is 0.550. The summed E-state index contributed by atoms with van der Waals surface area (Å²) in [5, 5.41) is 10.1. The highest BCUT2D eigenvalue weighted by atomic mass is 16.5. The third-order valence-electron chi connectivity index (χ3n) is 9.23. The number of unbranched alkanes of at least 4 members (excludes halogenated alkanes) is 2. The number of ether oxygens (including phenoxy) is 4. The lowest BCUT2D eigenvalue weighted by atomic mass is 9.95. The zero-order valence-electron chi connectivity index (χ0n) is 29.8. The van der Waals surface area contributed by atoms with E-state index in [-0.39, 0.29) is 23.7 Å².